The van der Waals surface area contributed by atoms with E-state index in [9.17, 15) is 4.79 Å². The first-order chi connectivity index (χ1) is 11.2. The number of hydrogen-bond donors (Lipinski definition) is 2. The molecule has 0 atom stereocenters. The van der Waals surface area contributed by atoms with E-state index in [-0.39, 0.29) is 5.91 Å². The lowest BCUT2D eigenvalue weighted by atomic mass is 10.2. The van der Waals surface area contributed by atoms with Crippen LogP contribution in [0.3, 0.4) is 0 Å². The van der Waals surface area contributed by atoms with Gasteiger partial charge in [-0.3, -0.25) is 9.78 Å². The highest BCUT2D eigenvalue weighted by molar-refractivity contribution is 9.10. The van der Waals surface area contributed by atoms with Crippen LogP contribution in [0.2, 0.25) is 0 Å². The molecular weight excluding hydrogens is 358 g/mol. The zero-order chi connectivity index (χ0) is 16.5. The smallest absolute Gasteiger partial charge is 0.252 e. The second kappa shape index (κ2) is 9.27. The molecule has 0 spiro atoms. The maximum absolute atomic E-state index is 12.2. The van der Waals surface area contributed by atoms with Crippen LogP contribution in [-0.2, 0) is 6.54 Å². The maximum atomic E-state index is 12.2. The van der Waals surface area contributed by atoms with Crippen LogP contribution in [0.5, 0.6) is 5.75 Å². The van der Waals surface area contributed by atoms with E-state index in [1.807, 2.05) is 30.3 Å². The summed E-state index contributed by atoms with van der Waals surface area (Å²) in [6.07, 6.45) is 2.63. The summed E-state index contributed by atoms with van der Waals surface area (Å²) in [4.78, 5) is 16.4. The lowest BCUT2D eigenvalue weighted by molar-refractivity contribution is 0.0952. The molecule has 0 fully saturated rings. The molecule has 0 unspecified atom stereocenters. The predicted octanol–water partition coefficient (Wildman–Crippen LogP) is 2.76. The molecule has 23 heavy (non-hydrogen) atoms. The molecule has 2 aromatic rings. The van der Waals surface area contributed by atoms with Gasteiger partial charge in [0.05, 0.1) is 18.4 Å². The van der Waals surface area contributed by atoms with Gasteiger partial charge in [-0.1, -0.05) is 6.07 Å². The molecule has 0 aliphatic heterocycles. The lowest BCUT2D eigenvalue weighted by Gasteiger charge is -2.09. The fraction of sp³-hybridized carbons (Fsp3) is 0.294. The largest absolute Gasteiger partial charge is 0.497 e. The number of methoxy groups -OCH3 is 1. The van der Waals surface area contributed by atoms with Gasteiger partial charge in [0.1, 0.15) is 5.75 Å². The third-order valence-corrected chi connectivity index (χ3v) is 3.96. The second-order valence-electron chi connectivity index (χ2n) is 4.95. The molecule has 0 saturated heterocycles. The van der Waals surface area contributed by atoms with Crippen LogP contribution in [-0.4, -0.2) is 31.1 Å². The number of carbonyl (C=O) groups excluding carboxylic acids is 1. The van der Waals surface area contributed by atoms with Crippen LogP contribution in [0, 0.1) is 0 Å². The zero-order valence-electron chi connectivity index (χ0n) is 13.0. The first-order valence-corrected chi connectivity index (χ1v) is 8.22. The molecule has 0 aliphatic carbocycles. The van der Waals surface area contributed by atoms with E-state index in [0.717, 1.165) is 29.7 Å². The van der Waals surface area contributed by atoms with Gasteiger partial charge in [0, 0.05) is 23.8 Å². The van der Waals surface area contributed by atoms with Crippen molar-refractivity contribution in [2.45, 2.75) is 13.0 Å². The molecule has 122 valence electrons. The van der Waals surface area contributed by atoms with Crippen molar-refractivity contribution in [1.82, 2.24) is 15.6 Å². The number of halogens is 1. The van der Waals surface area contributed by atoms with Gasteiger partial charge in [0.15, 0.2) is 0 Å². The number of benzene rings is 1. The van der Waals surface area contributed by atoms with E-state index < -0.39 is 0 Å². The van der Waals surface area contributed by atoms with Gasteiger partial charge in [-0.05, 0) is 59.2 Å². The fourth-order valence-corrected chi connectivity index (χ4v) is 2.46. The molecular formula is C17H20BrN3O2. The molecule has 0 saturated carbocycles. The van der Waals surface area contributed by atoms with Crippen molar-refractivity contribution in [2.75, 3.05) is 20.2 Å². The molecule has 2 N–H and O–H groups in total. The summed E-state index contributed by atoms with van der Waals surface area (Å²) >= 11 is 3.38. The standard InChI is InChI=1S/C17H20BrN3O2/c1-23-14-6-7-16(18)15(11-14)17(22)21-10-4-8-19-12-13-5-2-3-9-20-13/h2-3,5-7,9,11,19H,4,8,10,12H2,1H3,(H,21,22). The fourth-order valence-electron chi connectivity index (χ4n) is 2.04. The summed E-state index contributed by atoms with van der Waals surface area (Å²) in [5.41, 5.74) is 1.59. The van der Waals surface area contributed by atoms with Gasteiger partial charge >= 0.3 is 0 Å². The summed E-state index contributed by atoms with van der Waals surface area (Å²) in [7, 11) is 1.58. The number of amides is 1. The second-order valence-corrected chi connectivity index (χ2v) is 5.81. The summed E-state index contributed by atoms with van der Waals surface area (Å²) in [5, 5.41) is 6.21. The van der Waals surface area contributed by atoms with Crippen molar-refractivity contribution in [2.24, 2.45) is 0 Å². The summed E-state index contributed by atoms with van der Waals surface area (Å²) in [6, 6.07) is 11.2. The quantitative estimate of drug-likeness (QED) is 0.694. The Morgan fingerprint density at radius 1 is 1.26 bits per heavy atom. The van der Waals surface area contributed by atoms with E-state index in [1.165, 1.54) is 0 Å². The predicted molar refractivity (Wildman–Crippen MR) is 93.6 cm³/mol. The normalized spacial score (nSPS) is 10.3. The molecule has 0 aliphatic rings. The minimum absolute atomic E-state index is 0.111. The highest BCUT2D eigenvalue weighted by atomic mass is 79.9. The van der Waals surface area contributed by atoms with Crippen LogP contribution in [0.1, 0.15) is 22.5 Å². The van der Waals surface area contributed by atoms with Crippen molar-refractivity contribution < 1.29 is 9.53 Å². The number of carbonyl (C=O) groups is 1. The number of hydrogen-bond acceptors (Lipinski definition) is 4. The summed E-state index contributed by atoms with van der Waals surface area (Å²) in [6.45, 7) is 2.16. The number of nitrogens with zero attached hydrogens (tertiary/aromatic N) is 1. The number of pyridine rings is 1. The summed E-state index contributed by atoms with van der Waals surface area (Å²) < 4.78 is 5.90. The first kappa shape index (κ1) is 17.4. The van der Waals surface area contributed by atoms with Crippen molar-refractivity contribution in [3.8, 4) is 5.75 Å². The Morgan fingerprint density at radius 2 is 2.13 bits per heavy atom. The van der Waals surface area contributed by atoms with E-state index >= 15 is 0 Å². The van der Waals surface area contributed by atoms with Crippen LogP contribution in [0.4, 0.5) is 0 Å². The molecule has 6 heteroatoms. The van der Waals surface area contributed by atoms with E-state index in [2.05, 4.69) is 31.5 Å². The van der Waals surface area contributed by atoms with Gasteiger partial charge in [-0.2, -0.15) is 0 Å². The Labute approximate surface area is 144 Å². The van der Waals surface area contributed by atoms with E-state index in [1.54, 1.807) is 19.4 Å². The molecule has 1 heterocycles. The van der Waals surface area contributed by atoms with E-state index in [0.29, 0.717) is 17.9 Å². The number of nitrogens with one attached hydrogen (secondary N) is 2. The van der Waals surface area contributed by atoms with Crippen LogP contribution < -0.4 is 15.4 Å². The SMILES string of the molecule is COc1ccc(Br)c(C(=O)NCCCNCc2ccccn2)c1. The molecule has 1 aromatic carbocycles. The van der Waals surface area contributed by atoms with Crippen LogP contribution >= 0.6 is 15.9 Å². The van der Waals surface area contributed by atoms with Crippen molar-refractivity contribution >= 4 is 21.8 Å². The molecule has 0 radical (unpaired) electrons. The molecule has 5 nitrogen and oxygen atoms in total. The highest BCUT2D eigenvalue weighted by Gasteiger charge is 2.10. The average molecular weight is 378 g/mol. The van der Waals surface area contributed by atoms with Gasteiger partial charge in [0.25, 0.3) is 5.91 Å². The lowest BCUT2D eigenvalue weighted by Crippen LogP contribution is -2.27. The van der Waals surface area contributed by atoms with Gasteiger partial charge in [-0.15, -0.1) is 0 Å². The van der Waals surface area contributed by atoms with E-state index in [4.69, 9.17) is 4.74 Å². The summed E-state index contributed by atoms with van der Waals surface area (Å²) in [5.74, 6) is 0.552. The highest BCUT2D eigenvalue weighted by Crippen LogP contribution is 2.22. The molecule has 0 bridgehead atoms. The number of ether oxygens (including phenoxy) is 1. The zero-order valence-corrected chi connectivity index (χ0v) is 14.6. The van der Waals surface area contributed by atoms with Crippen LogP contribution in [0.15, 0.2) is 47.1 Å². The Kier molecular flexibility index (Phi) is 7.03. The molecule has 1 amide bonds. The van der Waals surface area contributed by atoms with Crippen molar-refractivity contribution in [3.05, 3.63) is 58.3 Å². The maximum Gasteiger partial charge on any atom is 0.252 e. The third kappa shape index (κ3) is 5.65. The Balaban J connectivity index is 1.69. The Morgan fingerprint density at radius 3 is 2.87 bits per heavy atom. The van der Waals surface area contributed by atoms with Crippen molar-refractivity contribution in [3.63, 3.8) is 0 Å². The topological polar surface area (TPSA) is 63.2 Å². The Bertz CT molecular complexity index is 635. The molecule has 1 aromatic heterocycles. The van der Waals surface area contributed by atoms with Gasteiger partial charge < -0.3 is 15.4 Å². The Hall–Kier alpha value is -1.92. The van der Waals surface area contributed by atoms with Crippen molar-refractivity contribution in [1.29, 1.82) is 0 Å². The average Bonchev–Trinajstić information content (AvgIpc) is 2.59. The number of aromatic nitrogens is 1. The van der Waals surface area contributed by atoms with Crippen LogP contribution in [0.25, 0.3) is 0 Å². The third-order valence-electron chi connectivity index (χ3n) is 3.27. The van der Waals surface area contributed by atoms with Gasteiger partial charge in [-0.25, -0.2) is 0 Å². The minimum atomic E-state index is -0.111. The first-order valence-electron chi connectivity index (χ1n) is 7.43. The number of rotatable bonds is 8. The monoisotopic (exact) mass is 377 g/mol. The minimum Gasteiger partial charge on any atom is -0.497 e. The molecule has 2 rings (SSSR count). The van der Waals surface area contributed by atoms with Gasteiger partial charge in [0.2, 0.25) is 0 Å².